The second-order valence-corrected chi connectivity index (χ2v) is 10.6. The summed E-state index contributed by atoms with van der Waals surface area (Å²) < 4.78 is 12.6. The summed E-state index contributed by atoms with van der Waals surface area (Å²) in [6.07, 6.45) is 6.81. The van der Waals surface area contributed by atoms with Crippen LogP contribution < -0.4 is 0 Å². The van der Waals surface area contributed by atoms with Crippen molar-refractivity contribution in [2.24, 2.45) is 11.8 Å². The number of carbonyl (C=O) groups is 1. The van der Waals surface area contributed by atoms with Crippen molar-refractivity contribution in [1.29, 1.82) is 0 Å². The van der Waals surface area contributed by atoms with Gasteiger partial charge in [-0.3, -0.25) is 0 Å². The van der Waals surface area contributed by atoms with E-state index < -0.39 is 0 Å². The van der Waals surface area contributed by atoms with Crippen molar-refractivity contribution in [3.05, 3.63) is 46.8 Å². The van der Waals surface area contributed by atoms with Crippen molar-refractivity contribution < 1.29 is 14.3 Å². The first-order valence-electron chi connectivity index (χ1n) is 13.0. The van der Waals surface area contributed by atoms with E-state index in [1.165, 1.54) is 11.3 Å². The molecule has 1 aromatic rings. The van der Waals surface area contributed by atoms with Crippen molar-refractivity contribution >= 4 is 5.97 Å². The maximum Gasteiger partial charge on any atom is 0.339 e. The molecule has 0 saturated carbocycles. The van der Waals surface area contributed by atoms with Gasteiger partial charge in [0, 0.05) is 24.0 Å². The molecule has 4 heteroatoms. The largest absolute Gasteiger partial charge is 0.462 e. The van der Waals surface area contributed by atoms with Crippen molar-refractivity contribution in [2.45, 2.75) is 122 Å². The van der Waals surface area contributed by atoms with Gasteiger partial charge in [-0.05, 0) is 79.2 Å². The van der Waals surface area contributed by atoms with E-state index in [1.54, 1.807) is 0 Å². The predicted molar refractivity (Wildman–Crippen MR) is 156 cm³/mol. The second-order valence-electron chi connectivity index (χ2n) is 10.6. The van der Waals surface area contributed by atoms with Gasteiger partial charge in [0.15, 0.2) is 0 Å². The molecule has 0 fully saturated rings. The molecule has 0 aliphatic heterocycles. The molecule has 0 aliphatic carbocycles. The van der Waals surface area contributed by atoms with E-state index in [2.05, 4.69) is 106 Å². The summed E-state index contributed by atoms with van der Waals surface area (Å²) in [6, 6.07) is 2.33. The Balaban J connectivity index is -0.000000484. The van der Waals surface area contributed by atoms with Crippen LogP contribution in [-0.4, -0.2) is 29.9 Å². The van der Waals surface area contributed by atoms with E-state index in [0.717, 1.165) is 12.3 Å². The van der Waals surface area contributed by atoms with Crippen LogP contribution in [0.5, 0.6) is 0 Å². The predicted octanol–water partition coefficient (Wildman–Crippen LogP) is 9.55. The Morgan fingerprint density at radius 2 is 1.54 bits per heavy atom. The van der Waals surface area contributed by atoms with Crippen molar-refractivity contribution in [1.82, 2.24) is 4.57 Å². The molecule has 206 valence electrons. The minimum Gasteiger partial charge on any atom is -0.462 e. The summed E-state index contributed by atoms with van der Waals surface area (Å²) >= 11 is 0. The van der Waals surface area contributed by atoms with E-state index in [1.807, 2.05) is 19.9 Å². The molecule has 0 amide bonds. The van der Waals surface area contributed by atoms with E-state index in [-0.39, 0.29) is 13.4 Å². The molecule has 0 N–H and O–H groups in total. The highest BCUT2D eigenvalue weighted by molar-refractivity contribution is 5.91. The standard InChI is InChI=1S/C14H23NO2.C9H16.C7H16O.CH4/c1-7-17-14(16)12-8-13(9(2)3)15(10(4)5)11(12)6;1-8(2)6-5-7-9(3)4;1-6(2)5-8-7(3)4;/h8-10H,7H2,1-6H3;5-8H,1-4H3;6-7H,5H2,1-4H3;1H4/b;6-5+;;. The van der Waals surface area contributed by atoms with Gasteiger partial charge >= 0.3 is 5.97 Å². The summed E-state index contributed by atoms with van der Waals surface area (Å²) in [6.45, 7) is 30.6. The lowest BCUT2D eigenvalue weighted by atomic mass is 10.1. The lowest BCUT2D eigenvalue weighted by Crippen LogP contribution is -2.10. The molecule has 0 spiro atoms. The first-order chi connectivity index (χ1) is 15.6. The molecule has 1 heterocycles. The number of aromatic nitrogens is 1. The topological polar surface area (TPSA) is 40.5 Å². The fourth-order valence-electron chi connectivity index (χ4n) is 3.05. The van der Waals surface area contributed by atoms with Gasteiger partial charge in [-0.25, -0.2) is 4.79 Å². The SMILES string of the molecule is C.CC(C)=C/C=C/C(C)C.CC(C)COC(C)C.CCOC(=O)c1cc(C(C)C)n(C(C)C)c1C. The van der Waals surface area contributed by atoms with Gasteiger partial charge in [0.25, 0.3) is 0 Å². The van der Waals surface area contributed by atoms with Gasteiger partial charge in [0.2, 0.25) is 0 Å². The molecule has 0 aliphatic rings. The first kappa shape index (κ1) is 37.7. The van der Waals surface area contributed by atoms with Gasteiger partial charge in [0.05, 0.1) is 18.3 Å². The molecule has 0 radical (unpaired) electrons. The molecule has 1 aromatic heterocycles. The summed E-state index contributed by atoms with van der Waals surface area (Å²) in [5.41, 5.74) is 4.25. The molecular formula is C31H59NO3. The zero-order valence-electron chi connectivity index (χ0n) is 24.8. The Kier molecular flexibility index (Phi) is 22.0. The van der Waals surface area contributed by atoms with Crippen LogP contribution in [0.1, 0.15) is 131 Å². The molecular weight excluding hydrogens is 434 g/mol. The Hall–Kier alpha value is -1.81. The third kappa shape index (κ3) is 18.2. The molecule has 0 unspecified atom stereocenters. The Labute approximate surface area is 219 Å². The van der Waals surface area contributed by atoms with Crippen LogP contribution in [0.2, 0.25) is 0 Å². The summed E-state index contributed by atoms with van der Waals surface area (Å²) in [7, 11) is 0. The number of ether oxygens (including phenoxy) is 2. The fourth-order valence-corrected chi connectivity index (χ4v) is 3.05. The number of hydrogen-bond acceptors (Lipinski definition) is 3. The molecule has 35 heavy (non-hydrogen) atoms. The molecule has 0 aromatic carbocycles. The van der Waals surface area contributed by atoms with Crippen molar-refractivity contribution in [3.8, 4) is 0 Å². The van der Waals surface area contributed by atoms with Crippen LogP contribution in [0.3, 0.4) is 0 Å². The number of rotatable bonds is 9. The highest BCUT2D eigenvalue weighted by atomic mass is 16.5. The van der Waals surface area contributed by atoms with Gasteiger partial charge in [-0.15, -0.1) is 0 Å². The molecule has 0 bridgehead atoms. The smallest absolute Gasteiger partial charge is 0.339 e. The number of hydrogen-bond donors (Lipinski definition) is 0. The number of nitrogens with zero attached hydrogens (tertiary/aromatic N) is 1. The zero-order valence-corrected chi connectivity index (χ0v) is 24.8. The van der Waals surface area contributed by atoms with E-state index in [0.29, 0.717) is 42.1 Å². The Bertz CT molecular complexity index is 723. The highest BCUT2D eigenvalue weighted by Crippen LogP contribution is 2.26. The van der Waals surface area contributed by atoms with E-state index in [9.17, 15) is 4.79 Å². The molecule has 0 atom stereocenters. The Morgan fingerprint density at radius 3 is 1.83 bits per heavy atom. The summed E-state index contributed by atoms with van der Waals surface area (Å²) in [4.78, 5) is 11.8. The minimum absolute atomic E-state index is 0. The van der Waals surface area contributed by atoms with Crippen LogP contribution in [0, 0.1) is 18.8 Å². The quantitative estimate of drug-likeness (QED) is 0.254. The minimum atomic E-state index is -0.216. The average Bonchev–Trinajstić information content (AvgIpc) is 3.05. The van der Waals surface area contributed by atoms with Crippen LogP contribution in [0.15, 0.2) is 29.9 Å². The number of esters is 1. The normalized spacial score (nSPS) is 10.8. The molecule has 0 saturated heterocycles. The zero-order chi connectivity index (χ0) is 27.0. The third-order valence-electron chi connectivity index (χ3n) is 4.61. The monoisotopic (exact) mass is 493 g/mol. The van der Waals surface area contributed by atoms with Crippen LogP contribution in [0.25, 0.3) is 0 Å². The maximum atomic E-state index is 11.8. The lowest BCUT2D eigenvalue weighted by molar-refractivity contribution is 0.0525. The first-order valence-corrected chi connectivity index (χ1v) is 13.0. The average molecular weight is 494 g/mol. The summed E-state index contributed by atoms with van der Waals surface area (Å²) in [5.74, 6) is 1.52. The lowest BCUT2D eigenvalue weighted by Gasteiger charge is -2.17. The van der Waals surface area contributed by atoms with Gasteiger partial charge in [0.1, 0.15) is 0 Å². The van der Waals surface area contributed by atoms with Gasteiger partial charge < -0.3 is 14.0 Å². The van der Waals surface area contributed by atoms with Crippen LogP contribution >= 0.6 is 0 Å². The van der Waals surface area contributed by atoms with Crippen molar-refractivity contribution in [3.63, 3.8) is 0 Å². The molecule has 1 rings (SSSR count). The maximum absolute atomic E-state index is 11.8. The second kappa shape index (κ2) is 20.4. The Morgan fingerprint density at radius 1 is 1.00 bits per heavy atom. The van der Waals surface area contributed by atoms with Gasteiger partial charge in [-0.2, -0.15) is 0 Å². The van der Waals surface area contributed by atoms with Crippen LogP contribution in [-0.2, 0) is 9.47 Å². The van der Waals surface area contributed by atoms with Crippen molar-refractivity contribution in [2.75, 3.05) is 13.2 Å². The summed E-state index contributed by atoms with van der Waals surface area (Å²) in [5, 5.41) is 0. The number of carbonyl (C=O) groups excluding carboxylic acids is 1. The van der Waals surface area contributed by atoms with E-state index >= 15 is 0 Å². The third-order valence-corrected chi connectivity index (χ3v) is 4.61. The molecule has 4 nitrogen and oxygen atoms in total. The highest BCUT2D eigenvalue weighted by Gasteiger charge is 2.21. The van der Waals surface area contributed by atoms with Gasteiger partial charge in [-0.1, -0.05) is 72.8 Å². The fraction of sp³-hybridized carbons (Fsp3) is 0.710. The van der Waals surface area contributed by atoms with E-state index in [4.69, 9.17) is 9.47 Å². The number of allylic oxidation sites excluding steroid dienone is 4. The van der Waals surface area contributed by atoms with Crippen LogP contribution in [0.4, 0.5) is 0 Å².